The number of aromatic nitrogens is 3. The molecule has 0 spiro atoms. The van der Waals surface area contributed by atoms with Crippen LogP contribution in [0.15, 0.2) is 47.7 Å². The Labute approximate surface area is 185 Å². The van der Waals surface area contributed by atoms with Crippen LogP contribution >= 0.6 is 0 Å². The number of pyridine rings is 1. The summed E-state index contributed by atoms with van der Waals surface area (Å²) in [4.78, 5) is 32.6. The van der Waals surface area contributed by atoms with Crippen LogP contribution in [0.4, 0.5) is 0 Å². The van der Waals surface area contributed by atoms with Gasteiger partial charge >= 0.3 is 0 Å². The molecule has 0 bridgehead atoms. The van der Waals surface area contributed by atoms with Gasteiger partial charge in [0.15, 0.2) is 0 Å². The number of methoxy groups -OCH3 is 1. The Hall–Kier alpha value is -3.55. The standard InChI is InChI=1S/C24H24N4O4/c1-15-11-27(14-25-15)19-4-5-20-22(29)26(7-8-28(20)23(19)30)13-24-10-16(24)12-32-21-6-3-17(31-2)9-18(21)24/h3-6,9,11,14,16H,7-8,10,12-13H2,1-2H3. The Morgan fingerprint density at radius 1 is 1.22 bits per heavy atom. The average Bonchev–Trinajstić information content (AvgIpc) is 3.38. The molecule has 4 heterocycles. The molecule has 1 saturated carbocycles. The van der Waals surface area contributed by atoms with E-state index in [1.807, 2.05) is 36.2 Å². The lowest BCUT2D eigenvalue weighted by atomic mass is 9.89. The molecule has 1 fully saturated rings. The maximum absolute atomic E-state index is 13.4. The molecule has 2 aliphatic heterocycles. The van der Waals surface area contributed by atoms with Crippen molar-refractivity contribution in [2.24, 2.45) is 5.92 Å². The Morgan fingerprint density at radius 2 is 2.09 bits per heavy atom. The van der Waals surface area contributed by atoms with Crippen LogP contribution in [0.1, 0.15) is 28.2 Å². The number of aryl methyl sites for hydroxylation is 1. The smallest absolute Gasteiger partial charge is 0.275 e. The van der Waals surface area contributed by atoms with Gasteiger partial charge in [-0.25, -0.2) is 4.98 Å². The minimum absolute atomic E-state index is 0.0994. The van der Waals surface area contributed by atoms with Gasteiger partial charge in [0.05, 0.1) is 25.7 Å². The number of carbonyl (C=O) groups excluding carboxylic acids is 1. The molecule has 6 rings (SSSR count). The van der Waals surface area contributed by atoms with E-state index in [4.69, 9.17) is 9.47 Å². The molecule has 1 aliphatic carbocycles. The molecule has 3 aliphatic rings. The van der Waals surface area contributed by atoms with E-state index >= 15 is 0 Å². The molecular weight excluding hydrogens is 408 g/mol. The van der Waals surface area contributed by atoms with E-state index in [0.29, 0.717) is 43.5 Å². The van der Waals surface area contributed by atoms with Crippen molar-refractivity contribution < 1.29 is 14.3 Å². The highest BCUT2D eigenvalue weighted by molar-refractivity contribution is 5.93. The lowest BCUT2D eigenvalue weighted by Gasteiger charge is -2.35. The number of amides is 1. The number of carbonyl (C=O) groups is 1. The van der Waals surface area contributed by atoms with Crippen LogP contribution < -0.4 is 15.0 Å². The van der Waals surface area contributed by atoms with Crippen LogP contribution in [0, 0.1) is 12.8 Å². The summed E-state index contributed by atoms with van der Waals surface area (Å²) < 4.78 is 14.7. The van der Waals surface area contributed by atoms with Crippen LogP contribution in [0.3, 0.4) is 0 Å². The number of fused-ring (bicyclic) bond motifs is 4. The summed E-state index contributed by atoms with van der Waals surface area (Å²) in [7, 11) is 1.66. The Bertz CT molecular complexity index is 1310. The molecule has 8 heteroatoms. The molecule has 2 atom stereocenters. The van der Waals surface area contributed by atoms with Crippen molar-refractivity contribution in [1.82, 2.24) is 19.0 Å². The van der Waals surface area contributed by atoms with Gasteiger partial charge in [0.1, 0.15) is 22.9 Å². The van der Waals surface area contributed by atoms with Crippen LogP contribution in [0.25, 0.3) is 5.69 Å². The first-order valence-corrected chi connectivity index (χ1v) is 10.9. The number of hydrogen-bond donors (Lipinski definition) is 0. The third kappa shape index (κ3) is 2.71. The molecule has 1 amide bonds. The van der Waals surface area contributed by atoms with E-state index in [2.05, 4.69) is 4.98 Å². The Kier molecular flexibility index (Phi) is 4.02. The fourth-order valence-electron chi connectivity index (χ4n) is 5.25. The zero-order valence-corrected chi connectivity index (χ0v) is 18.1. The van der Waals surface area contributed by atoms with Gasteiger partial charge in [-0.2, -0.15) is 0 Å². The van der Waals surface area contributed by atoms with Gasteiger partial charge in [0.25, 0.3) is 11.5 Å². The zero-order valence-electron chi connectivity index (χ0n) is 18.1. The molecule has 3 aromatic rings. The largest absolute Gasteiger partial charge is 0.497 e. The van der Waals surface area contributed by atoms with E-state index in [-0.39, 0.29) is 16.9 Å². The van der Waals surface area contributed by atoms with Gasteiger partial charge in [-0.3, -0.25) is 9.59 Å². The lowest BCUT2D eigenvalue weighted by molar-refractivity contribution is 0.0670. The van der Waals surface area contributed by atoms with Crippen molar-refractivity contribution in [1.29, 1.82) is 0 Å². The van der Waals surface area contributed by atoms with E-state index in [0.717, 1.165) is 29.2 Å². The second-order valence-electron chi connectivity index (χ2n) is 8.94. The number of rotatable bonds is 4. The van der Waals surface area contributed by atoms with E-state index in [1.165, 1.54) is 0 Å². The first kappa shape index (κ1) is 19.2. The number of imidazole rings is 1. The topological polar surface area (TPSA) is 78.6 Å². The fraction of sp³-hybridized carbons (Fsp3) is 0.375. The third-order valence-corrected chi connectivity index (χ3v) is 7.11. The molecule has 164 valence electrons. The van der Waals surface area contributed by atoms with Gasteiger partial charge < -0.3 is 23.5 Å². The van der Waals surface area contributed by atoms with Gasteiger partial charge in [-0.05, 0) is 43.7 Å². The molecule has 8 nitrogen and oxygen atoms in total. The predicted molar refractivity (Wildman–Crippen MR) is 117 cm³/mol. The minimum Gasteiger partial charge on any atom is -0.497 e. The van der Waals surface area contributed by atoms with E-state index < -0.39 is 0 Å². The van der Waals surface area contributed by atoms with Crippen LogP contribution in [-0.2, 0) is 12.0 Å². The summed E-state index contributed by atoms with van der Waals surface area (Å²) in [6.07, 6.45) is 4.42. The first-order valence-electron chi connectivity index (χ1n) is 10.9. The second kappa shape index (κ2) is 6.72. The van der Waals surface area contributed by atoms with E-state index in [9.17, 15) is 9.59 Å². The van der Waals surface area contributed by atoms with Gasteiger partial charge in [-0.15, -0.1) is 0 Å². The van der Waals surface area contributed by atoms with Crippen LogP contribution in [0.2, 0.25) is 0 Å². The van der Waals surface area contributed by atoms with Crippen LogP contribution in [0.5, 0.6) is 11.5 Å². The zero-order chi connectivity index (χ0) is 22.0. The third-order valence-electron chi connectivity index (χ3n) is 7.11. The van der Waals surface area contributed by atoms with Crippen molar-refractivity contribution in [3.8, 4) is 17.2 Å². The van der Waals surface area contributed by atoms with Gasteiger partial charge in [-0.1, -0.05) is 0 Å². The molecular formula is C24H24N4O4. The average molecular weight is 432 g/mol. The highest BCUT2D eigenvalue weighted by Gasteiger charge is 2.60. The number of benzene rings is 1. The predicted octanol–water partition coefficient (Wildman–Crippen LogP) is 2.16. The molecule has 0 saturated heterocycles. The number of ether oxygens (including phenoxy) is 2. The van der Waals surface area contributed by atoms with Crippen molar-refractivity contribution in [3.63, 3.8) is 0 Å². The number of hydrogen-bond acceptors (Lipinski definition) is 5. The molecule has 0 radical (unpaired) electrons. The quantitative estimate of drug-likeness (QED) is 0.631. The Morgan fingerprint density at radius 3 is 2.88 bits per heavy atom. The molecule has 1 aromatic carbocycles. The normalized spacial score (nSPS) is 23.1. The summed E-state index contributed by atoms with van der Waals surface area (Å²) in [6, 6.07) is 9.37. The van der Waals surface area contributed by atoms with Crippen molar-refractivity contribution in [2.75, 3.05) is 26.8 Å². The van der Waals surface area contributed by atoms with E-state index in [1.54, 1.807) is 34.7 Å². The maximum Gasteiger partial charge on any atom is 0.275 e. The molecule has 2 unspecified atom stereocenters. The van der Waals surface area contributed by atoms with Crippen molar-refractivity contribution >= 4 is 5.91 Å². The highest BCUT2D eigenvalue weighted by atomic mass is 16.5. The SMILES string of the molecule is COc1ccc2c(c1)C1(CN3CCn4c(ccc(-n5cnc(C)c5)c4=O)C3=O)CC1CO2. The van der Waals surface area contributed by atoms with Crippen molar-refractivity contribution in [3.05, 3.63) is 70.2 Å². The lowest BCUT2D eigenvalue weighted by Crippen LogP contribution is -2.48. The van der Waals surface area contributed by atoms with Gasteiger partial charge in [0.2, 0.25) is 0 Å². The monoisotopic (exact) mass is 432 g/mol. The van der Waals surface area contributed by atoms with Gasteiger partial charge in [0, 0.05) is 42.7 Å². The summed E-state index contributed by atoms with van der Waals surface area (Å²) in [5.41, 5.74) is 2.62. The van der Waals surface area contributed by atoms with Crippen LogP contribution in [-0.4, -0.2) is 51.7 Å². The second-order valence-corrected chi connectivity index (χ2v) is 8.94. The summed E-state index contributed by atoms with van der Waals surface area (Å²) in [5, 5.41) is 0. The summed E-state index contributed by atoms with van der Waals surface area (Å²) in [6.45, 7) is 4.15. The molecule has 0 N–H and O–H groups in total. The summed E-state index contributed by atoms with van der Waals surface area (Å²) >= 11 is 0. The number of nitrogens with zero attached hydrogens (tertiary/aromatic N) is 4. The Balaban J connectivity index is 1.31. The molecule has 2 aromatic heterocycles. The summed E-state index contributed by atoms with van der Waals surface area (Å²) in [5.74, 6) is 1.97. The highest BCUT2D eigenvalue weighted by Crippen LogP contribution is 2.60. The maximum atomic E-state index is 13.4. The fourth-order valence-corrected chi connectivity index (χ4v) is 5.25. The molecule has 32 heavy (non-hydrogen) atoms. The van der Waals surface area contributed by atoms with Crippen molar-refractivity contribution in [2.45, 2.75) is 25.3 Å². The first-order chi connectivity index (χ1) is 15.5. The minimum atomic E-state index is -0.170.